The van der Waals surface area contributed by atoms with Crippen molar-refractivity contribution in [3.8, 4) is 5.88 Å². The van der Waals surface area contributed by atoms with E-state index in [0.29, 0.717) is 28.2 Å². The molecule has 1 unspecified atom stereocenters. The average Bonchev–Trinajstić information content (AvgIpc) is 3.33. The maximum atomic E-state index is 12.5. The van der Waals surface area contributed by atoms with Crippen LogP contribution in [0.4, 0.5) is 0 Å². The van der Waals surface area contributed by atoms with Crippen LogP contribution in [0.1, 0.15) is 58.0 Å². The highest BCUT2D eigenvalue weighted by Gasteiger charge is 2.25. The van der Waals surface area contributed by atoms with E-state index in [1.54, 1.807) is 25.3 Å². The van der Waals surface area contributed by atoms with Crippen LogP contribution in [0.3, 0.4) is 0 Å². The van der Waals surface area contributed by atoms with Crippen LogP contribution in [0, 0.1) is 6.92 Å². The van der Waals surface area contributed by atoms with Crippen molar-refractivity contribution in [1.29, 1.82) is 0 Å². The van der Waals surface area contributed by atoms with E-state index in [1.807, 2.05) is 6.92 Å². The average molecular weight is 446 g/mol. The number of amides is 1. The van der Waals surface area contributed by atoms with Crippen molar-refractivity contribution in [2.24, 2.45) is 0 Å². The number of rotatable bonds is 9. The molecule has 3 heterocycles. The van der Waals surface area contributed by atoms with Crippen LogP contribution in [0.2, 0.25) is 0 Å². The van der Waals surface area contributed by atoms with Crippen LogP contribution < -0.4 is 5.32 Å². The van der Waals surface area contributed by atoms with E-state index < -0.39 is 23.9 Å². The number of hydrogen-bond acceptors (Lipinski definition) is 7. The summed E-state index contributed by atoms with van der Waals surface area (Å²) in [7, 11) is 0. The summed E-state index contributed by atoms with van der Waals surface area (Å²) in [5, 5.41) is 31.2. The van der Waals surface area contributed by atoms with Gasteiger partial charge in [0.05, 0.1) is 10.3 Å². The molecule has 3 rings (SSSR count). The SMILES string of the molecule is CCC(c1ccc(C(=O)N[C@@H](CCC(=O)O)C(=O)O)s1)c1c[nH]c2nc(C)nc(O)c12. The molecule has 0 aliphatic rings. The summed E-state index contributed by atoms with van der Waals surface area (Å²) in [4.78, 5) is 47.1. The molecule has 0 aliphatic heterocycles. The molecule has 164 valence electrons. The second kappa shape index (κ2) is 9.13. The molecule has 0 saturated carbocycles. The number of carboxylic acid groups (broad SMARTS) is 2. The quantitative estimate of drug-likeness (QED) is 0.334. The number of hydrogen-bond donors (Lipinski definition) is 5. The maximum Gasteiger partial charge on any atom is 0.326 e. The van der Waals surface area contributed by atoms with Crippen LogP contribution in [0.5, 0.6) is 5.88 Å². The lowest BCUT2D eigenvalue weighted by atomic mass is 9.95. The highest BCUT2D eigenvalue weighted by Crippen LogP contribution is 2.38. The van der Waals surface area contributed by atoms with E-state index in [9.17, 15) is 24.6 Å². The van der Waals surface area contributed by atoms with Gasteiger partial charge in [0.25, 0.3) is 5.91 Å². The number of carboxylic acids is 2. The van der Waals surface area contributed by atoms with Crippen molar-refractivity contribution in [3.63, 3.8) is 0 Å². The van der Waals surface area contributed by atoms with Gasteiger partial charge in [-0.15, -0.1) is 11.3 Å². The standard InChI is InChI=1S/C20H22N4O6S/c1-3-10(11-8-21-17-16(11)19(28)23-9(2)22-17)13-5-6-14(31-13)18(27)24-12(20(29)30)4-7-15(25)26/h5-6,8,10,12H,3-4,7H2,1-2H3,(H,24,27)(H,25,26)(H,29,30)(H2,21,22,23,28)/t10?,12-/m0/s1. The highest BCUT2D eigenvalue weighted by molar-refractivity contribution is 7.14. The van der Waals surface area contributed by atoms with E-state index >= 15 is 0 Å². The van der Waals surface area contributed by atoms with Gasteiger partial charge in [0.15, 0.2) is 0 Å². The molecule has 0 saturated heterocycles. The molecule has 3 aromatic rings. The summed E-state index contributed by atoms with van der Waals surface area (Å²) in [6, 6.07) is 2.09. The Labute approximate surface area is 181 Å². The third kappa shape index (κ3) is 4.82. The number of nitrogens with zero attached hydrogens (tertiary/aromatic N) is 2. The molecule has 0 spiro atoms. The molecule has 0 aromatic carbocycles. The Morgan fingerprint density at radius 1 is 1.23 bits per heavy atom. The molecule has 10 nitrogen and oxygen atoms in total. The Morgan fingerprint density at radius 2 is 1.97 bits per heavy atom. The fourth-order valence-corrected chi connectivity index (χ4v) is 4.53. The zero-order chi connectivity index (χ0) is 22.7. The Kier molecular flexibility index (Phi) is 6.54. The lowest BCUT2D eigenvalue weighted by molar-refractivity contribution is -0.140. The number of aromatic nitrogens is 3. The van der Waals surface area contributed by atoms with E-state index in [-0.39, 0.29) is 24.6 Å². The predicted molar refractivity (Wildman–Crippen MR) is 113 cm³/mol. The normalized spacial score (nSPS) is 13.1. The van der Waals surface area contributed by atoms with Gasteiger partial charge in [-0.1, -0.05) is 6.92 Å². The summed E-state index contributed by atoms with van der Waals surface area (Å²) in [5.41, 5.74) is 1.32. The van der Waals surface area contributed by atoms with Gasteiger partial charge in [0, 0.05) is 23.4 Å². The topological polar surface area (TPSA) is 165 Å². The molecule has 0 fully saturated rings. The largest absolute Gasteiger partial charge is 0.493 e. The van der Waals surface area contributed by atoms with Gasteiger partial charge in [0.1, 0.15) is 17.5 Å². The molecule has 0 radical (unpaired) electrons. The van der Waals surface area contributed by atoms with Crippen LogP contribution in [0.15, 0.2) is 18.3 Å². The molecule has 3 aromatic heterocycles. The van der Waals surface area contributed by atoms with Crippen molar-refractivity contribution in [3.05, 3.63) is 39.5 Å². The number of aromatic amines is 1. The van der Waals surface area contributed by atoms with Gasteiger partial charge in [-0.05, 0) is 37.5 Å². The third-order valence-corrected chi connectivity index (χ3v) is 6.08. The Hall–Kier alpha value is -3.47. The van der Waals surface area contributed by atoms with Crippen molar-refractivity contribution in [2.45, 2.75) is 45.1 Å². The second-order valence-corrected chi connectivity index (χ2v) is 8.14. The van der Waals surface area contributed by atoms with Gasteiger partial charge in [-0.3, -0.25) is 9.59 Å². The predicted octanol–water partition coefficient (Wildman–Crippen LogP) is 2.62. The zero-order valence-electron chi connectivity index (χ0n) is 16.9. The summed E-state index contributed by atoms with van der Waals surface area (Å²) in [6.45, 7) is 3.66. The van der Waals surface area contributed by atoms with Crippen LogP contribution in [-0.2, 0) is 9.59 Å². The number of aliphatic carboxylic acids is 2. The van der Waals surface area contributed by atoms with Crippen molar-refractivity contribution < 1.29 is 29.7 Å². The van der Waals surface area contributed by atoms with Crippen molar-refractivity contribution in [1.82, 2.24) is 20.3 Å². The van der Waals surface area contributed by atoms with Crippen molar-refractivity contribution in [2.75, 3.05) is 0 Å². The van der Waals surface area contributed by atoms with Gasteiger partial charge < -0.3 is 25.6 Å². The number of aryl methyl sites for hydroxylation is 1. The van der Waals surface area contributed by atoms with Gasteiger partial charge >= 0.3 is 11.9 Å². The van der Waals surface area contributed by atoms with Crippen molar-refractivity contribution >= 4 is 40.2 Å². The fraction of sp³-hybridized carbons (Fsp3) is 0.350. The molecular weight excluding hydrogens is 424 g/mol. The first-order valence-corrected chi connectivity index (χ1v) is 10.4. The fourth-order valence-electron chi connectivity index (χ4n) is 3.41. The first kappa shape index (κ1) is 22.2. The molecule has 0 aliphatic carbocycles. The molecule has 2 atom stereocenters. The smallest absolute Gasteiger partial charge is 0.326 e. The lowest BCUT2D eigenvalue weighted by Gasteiger charge is -2.13. The second-order valence-electron chi connectivity index (χ2n) is 7.02. The number of fused-ring (bicyclic) bond motifs is 1. The van der Waals surface area contributed by atoms with Gasteiger partial charge in [-0.2, -0.15) is 4.98 Å². The molecular formula is C20H22N4O6S. The third-order valence-electron chi connectivity index (χ3n) is 4.88. The highest BCUT2D eigenvalue weighted by atomic mass is 32.1. The minimum absolute atomic E-state index is 0.116. The van der Waals surface area contributed by atoms with Gasteiger partial charge in [0.2, 0.25) is 5.88 Å². The number of aromatic hydroxyl groups is 1. The van der Waals surface area contributed by atoms with E-state index in [0.717, 1.165) is 10.4 Å². The van der Waals surface area contributed by atoms with E-state index in [2.05, 4.69) is 20.3 Å². The minimum atomic E-state index is -1.29. The molecule has 1 amide bonds. The van der Waals surface area contributed by atoms with Crippen LogP contribution in [-0.4, -0.2) is 54.2 Å². The molecule has 0 bridgehead atoms. The summed E-state index contributed by atoms with van der Waals surface area (Å²) in [6.07, 6.45) is 1.87. The molecule has 5 N–H and O–H groups in total. The first-order valence-electron chi connectivity index (χ1n) is 9.61. The molecule has 11 heteroatoms. The number of thiophene rings is 1. The Balaban J connectivity index is 1.84. The summed E-state index contributed by atoms with van der Waals surface area (Å²) < 4.78 is 0. The maximum absolute atomic E-state index is 12.5. The first-order chi connectivity index (χ1) is 14.7. The van der Waals surface area contributed by atoms with Gasteiger partial charge in [-0.25, -0.2) is 9.78 Å². The minimum Gasteiger partial charge on any atom is -0.493 e. The number of carbonyl (C=O) groups is 3. The lowest BCUT2D eigenvalue weighted by Crippen LogP contribution is -2.40. The Bertz CT molecular complexity index is 1140. The number of H-pyrrole nitrogens is 1. The monoisotopic (exact) mass is 446 g/mol. The van der Waals surface area contributed by atoms with E-state index in [4.69, 9.17) is 5.11 Å². The van der Waals surface area contributed by atoms with E-state index in [1.165, 1.54) is 11.3 Å². The zero-order valence-corrected chi connectivity index (χ0v) is 17.7. The molecule has 31 heavy (non-hydrogen) atoms. The summed E-state index contributed by atoms with van der Waals surface area (Å²) in [5.74, 6) is -2.82. The van der Waals surface area contributed by atoms with Crippen LogP contribution >= 0.6 is 11.3 Å². The number of carbonyl (C=O) groups excluding carboxylic acids is 1. The summed E-state index contributed by atoms with van der Waals surface area (Å²) >= 11 is 1.21. The number of nitrogens with one attached hydrogen (secondary N) is 2. The van der Waals surface area contributed by atoms with Crippen LogP contribution in [0.25, 0.3) is 11.0 Å². The Morgan fingerprint density at radius 3 is 2.61 bits per heavy atom.